The van der Waals surface area contributed by atoms with E-state index in [0.29, 0.717) is 0 Å². The molecule has 0 saturated heterocycles. The molecule has 0 heterocycles. The first kappa shape index (κ1) is 15.1. The fourth-order valence-corrected chi connectivity index (χ4v) is 4.75. The molecule has 2 heteroatoms. The van der Waals surface area contributed by atoms with E-state index in [2.05, 4.69) is 18.9 Å². The van der Waals surface area contributed by atoms with Crippen molar-refractivity contribution in [3.8, 4) is 0 Å². The first-order valence-electron chi connectivity index (χ1n) is 8.62. The number of aliphatic hydroxyl groups is 1. The minimum Gasteiger partial charge on any atom is -0.387 e. The van der Waals surface area contributed by atoms with E-state index >= 15 is 0 Å². The molecule has 0 amide bonds. The summed E-state index contributed by atoms with van der Waals surface area (Å²) in [5.41, 5.74) is 1.05. The number of rotatable bonds is 6. The normalized spacial score (nSPS) is 30.8. The van der Waals surface area contributed by atoms with E-state index < -0.39 is 0 Å². The summed E-state index contributed by atoms with van der Waals surface area (Å²) in [5.74, 6) is 2.84. The molecule has 2 fully saturated rings. The van der Waals surface area contributed by atoms with Gasteiger partial charge in [-0.3, -0.25) is 0 Å². The Bertz CT molecular complexity index is 446. The highest BCUT2D eigenvalue weighted by molar-refractivity contribution is 5.18. The summed E-state index contributed by atoms with van der Waals surface area (Å²) in [7, 11) is 2.20. The lowest BCUT2D eigenvalue weighted by Gasteiger charge is -2.35. The fraction of sp³-hybridized carbons (Fsp3) is 0.684. The number of benzene rings is 1. The summed E-state index contributed by atoms with van der Waals surface area (Å²) in [6, 6.07) is 10.3. The molecule has 5 atom stereocenters. The van der Waals surface area contributed by atoms with Crippen molar-refractivity contribution in [1.82, 2.24) is 4.90 Å². The Balaban J connectivity index is 1.62. The topological polar surface area (TPSA) is 23.5 Å². The van der Waals surface area contributed by atoms with Crippen molar-refractivity contribution in [2.75, 3.05) is 13.6 Å². The number of fused-ring (bicyclic) bond motifs is 2. The maximum Gasteiger partial charge on any atom is 0.0944 e. The van der Waals surface area contributed by atoms with Crippen LogP contribution in [0, 0.1) is 17.8 Å². The lowest BCUT2D eigenvalue weighted by molar-refractivity contribution is 0.0466. The van der Waals surface area contributed by atoms with Crippen LogP contribution in [0.3, 0.4) is 0 Å². The lowest BCUT2D eigenvalue weighted by atomic mass is 9.87. The second kappa shape index (κ2) is 6.50. The highest BCUT2D eigenvalue weighted by atomic mass is 16.3. The second-order valence-electron chi connectivity index (χ2n) is 7.21. The van der Waals surface area contributed by atoms with Gasteiger partial charge in [0.25, 0.3) is 0 Å². The van der Waals surface area contributed by atoms with E-state index in [4.69, 9.17) is 0 Å². The van der Waals surface area contributed by atoms with Crippen LogP contribution in [0.15, 0.2) is 30.3 Å². The van der Waals surface area contributed by atoms with Gasteiger partial charge in [0.1, 0.15) is 0 Å². The van der Waals surface area contributed by atoms with Crippen molar-refractivity contribution in [2.45, 2.75) is 51.2 Å². The van der Waals surface area contributed by atoms with Crippen LogP contribution in [0.4, 0.5) is 0 Å². The van der Waals surface area contributed by atoms with Gasteiger partial charge in [0.05, 0.1) is 6.10 Å². The van der Waals surface area contributed by atoms with Gasteiger partial charge in [-0.05, 0) is 56.0 Å². The zero-order valence-corrected chi connectivity index (χ0v) is 13.4. The minimum atomic E-state index is -0.375. The molecule has 2 bridgehead atoms. The van der Waals surface area contributed by atoms with Crippen molar-refractivity contribution in [1.29, 1.82) is 0 Å². The van der Waals surface area contributed by atoms with Crippen molar-refractivity contribution in [2.24, 2.45) is 17.8 Å². The van der Waals surface area contributed by atoms with E-state index in [1.165, 1.54) is 25.7 Å². The molecule has 0 aromatic heterocycles. The van der Waals surface area contributed by atoms with Gasteiger partial charge < -0.3 is 10.0 Å². The maximum absolute atomic E-state index is 10.7. The quantitative estimate of drug-likeness (QED) is 0.858. The zero-order valence-electron chi connectivity index (χ0n) is 13.4. The van der Waals surface area contributed by atoms with Gasteiger partial charge in [-0.15, -0.1) is 0 Å². The lowest BCUT2D eigenvalue weighted by Crippen LogP contribution is -2.40. The van der Waals surface area contributed by atoms with Crippen molar-refractivity contribution in [3.05, 3.63) is 35.9 Å². The summed E-state index contributed by atoms with van der Waals surface area (Å²) in [6.07, 6.45) is 6.42. The van der Waals surface area contributed by atoms with Gasteiger partial charge in [-0.1, -0.05) is 43.7 Å². The van der Waals surface area contributed by atoms with E-state index in [9.17, 15) is 5.11 Å². The van der Waals surface area contributed by atoms with Crippen LogP contribution in [0.1, 0.15) is 50.7 Å². The number of hydrogen-bond donors (Lipinski definition) is 1. The summed E-state index contributed by atoms with van der Waals surface area (Å²) >= 11 is 0. The highest BCUT2D eigenvalue weighted by Gasteiger charge is 2.40. The Morgan fingerprint density at radius 2 is 1.95 bits per heavy atom. The first-order valence-corrected chi connectivity index (χ1v) is 8.62. The Morgan fingerprint density at radius 3 is 2.52 bits per heavy atom. The molecule has 2 aliphatic carbocycles. The molecule has 0 spiro atoms. The molecule has 0 aliphatic heterocycles. The van der Waals surface area contributed by atoms with Crippen LogP contribution in [-0.4, -0.2) is 29.6 Å². The smallest absolute Gasteiger partial charge is 0.0944 e. The Kier molecular flexibility index (Phi) is 4.66. The standard InChI is InChI=1S/C19H29NO/c1-3-18(19(21)15-7-5-4-6-8-15)20(2)13-17-12-14-9-10-16(17)11-14/h4-8,14,16-19,21H,3,9-13H2,1-2H3. The monoisotopic (exact) mass is 287 g/mol. The fourth-order valence-electron chi connectivity index (χ4n) is 4.75. The third kappa shape index (κ3) is 3.17. The van der Waals surface area contributed by atoms with Crippen molar-refractivity contribution >= 4 is 0 Å². The maximum atomic E-state index is 10.7. The number of likely N-dealkylation sites (N-methyl/N-ethyl adjacent to an activating group) is 1. The molecular formula is C19H29NO. The molecular weight excluding hydrogens is 258 g/mol. The Labute approximate surface area is 129 Å². The average Bonchev–Trinajstić information content (AvgIpc) is 3.11. The van der Waals surface area contributed by atoms with Crippen molar-refractivity contribution in [3.63, 3.8) is 0 Å². The van der Waals surface area contributed by atoms with E-state index in [1.54, 1.807) is 0 Å². The first-order chi connectivity index (χ1) is 10.2. The molecule has 1 aromatic carbocycles. The average molecular weight is 287 g/mol. The molecule has 1 aromatic rings. The molecule has 21 heavy (non-hydrogen) atoms. The van der Waals surface area contributed by atoms with Crippen molar-refractivity contribution < 1.29 is 5.11 Å². The van der Waals surface area contributed by atoms with Gasteiger partial charge in [0, 0.05) is 12.6 Å². The van der Waals surface area contributed by atoms with E-state index in [-0.39, 0.29) is 12.1 Å². The van der Waals surface area contributed by atoms with Crippen LogP contribution in [0.25, 0.3) is 0 Å². The van der Waals surface area contributed by atoms with Crippen LogP contribution >= 0.6 is 0 Å². The van der Waals surface area contributed by atoms with Gasteiger partial charge in [-0.25, -0.2) is 0 Å². The van der Waals surface area contributed by atoms with Crippen LogP contribution < -0.4 is 0 Å². The largest absolute Gasteiger partial charge is 0.387 e. The SMILES string of the molecule is CCC(C(O)c1ccccc1)N(C)CC1CC2CCC1C2. The molecule has 2 saturated carbocycles. The van der Waals surface area contributed by atoms with E-state index in [1.807, 2.05) is 30.3 Å². The predicted molar refractivity (Wildman–Crippen MR) is 87.0 cm³/mol. The third-order valence-corrected chi connectivity index (χ3v) is 5.90. The van der Waals surface area contributed by atoms with Crippen LogP contribution in [-0.2, 0) is 0 Å². The predicted octanol–water partition coefficient (Wildman–Crippen LogP) is 3.87. The molecule has 2 aliphatic rings. The third-order valence-electron chi connectivity index (χ3n) is 5.90. The Morgan fingerprint density at radius 1 is 1.19 bits per heavy atom. The van der Waals surface area contributed by atoms with Gasteiger partial charge in [-0.2, -0.15) is 0 Å². The molecule has 1 N–H and O–H groups in total. The minimum absolute atomic E-state index is 0.228. The molecule has 116 valence electrons. The van der Waals surface area contributed by atoms with E-state index in [0.717, 1.165) is 36.3 Å². The van der Waals surface area contributed by atoms with Crippen LogP contribution in [0.2, 0.25) is 0 Å². The van der Waals surface area contributed by atoms with Crippen LogP contribution in [0.5, 0.6) is 0 Å². The molecule has 0 radical (unpaired) electrons. The highest BCUT2D eigenvalue weighted by Crippen LogP contribution is 2.48. The summed E-state index contributed by atoms with van der Waals surface area (Å²) < 4.78 is 0. The van der Waals surface area contributed by atoms with Gasteiger partial charge in [0.15, 0.2) is 0 Å². The van der Waals surface area contributed by atoms with Gasteiger partial charge >= 0.3 is 0 Å². The molecule has 3 rings (SSSR count). The summed E-state index contributed by atoms with van der Waals surface area (Å²) in [4.78, 5) is 2.42. The number of nitrogens with zero attached hydrogens (tertiary/aromatic N) is 1. The summed E-state index contributed by atoms with van der Waals surface area (Å²) in [5, 5.41) is 10.7. The second-order valence-corrected chi connectivity index (χ2v) is 7.21. The zero-order chi connectivity index (χ0) is 14.8. The number of hydrogen-bond acceptors (Lipinski definition) is 2. The number of aliphatic hydroxyl groups excluding tert-OH is 1. The molecule has 2 nitrogen and oxygen atoms in total. The summed E-state index contributed by atoms with van der Waals surface area (Å²) in [6.45, 7) is 3.34. The Hall–Kier alpha value is -0.860. The van der Waals surface area contributed by atoms with Gasteiger partial charge in [0.2, 0.25) is 0 Å². The molecule has 5 unspecified atom stereocenters.